The number of aryl methyl sites for hydroxylation is 1. The summed E-state index contributed by atoms with van der Waals surface area (Å²) in [5, 5.41) is 0.903. The van der Waals surface area contributed by atoms with E-state index in [-0.39, 0.29) is 11.1 Å². The predicted octanol–water partition coefficient (Wildman–Crippen LogP) is 5.35. The summed E-state index contributed by atoms with van der Waals surface area (Å²) in [4.78, 5) is 10.1. The third kappa shape index (κ3) is 2.63. The second-order valence-electron chi connectivity index (χ2n) is 4.05. The van der Waals surface area contributed by atoms with Crippen molar-refractivity contribution in [2.45, 2.75) is 6.92 Å². The Hall–Kier alpha value is -1.24. The minimum atomic E-state index is -0.346. The second kappa shape index (κ2) is 5.27. The van der Waals surface area contributed by atoms with Gasteiger partial charge in [0.05, 0.1) is 9.86 Å². The van der Waals surface area contributed by atoms with E-state index in [0.29, 0.717) is 16.1 Å². The van der Waals surface area contributed by atoms with Gasteiger partial charge in [0, 0.05) is 4.88 Å². The van der Waals surface area contributed by atoms with Crippen molar-refractivity contribution in [2.24, 2.45) is 0 Å². The SMILES string of the molecule is Cc1cc2c(Oc3ccc(F)cc3Br)nc(Cl)nc2s1. The Kier molecular flexibility index (Phi) is 3.62. The lowest BCUT2D eigenvalue weighted by molar-refractivity contribution is 0.463. The molecule has 0 unspecified atom stereocenters. The Balaban J connectivity index is 2.10. The maximum absolute atomic E-state index is 13.1. The van der Waals surface area contributed by atoms with Crippen LogP contribution in [0.2, 0.25) is 5.28 Å². The molecule has 0 bridgehead atoms. The van der Waals surface area contributed by atoms with Crippen LogP contribution >= 0.6 is 38.9 Å². The number of halogens is 3. The van der Waals surface area contributed by atoms with Crippen molar-refractivity contribution in [1.29, 1.82) is 0 Å². The van der Waals surface area contributed by atoms with Gasteiger partial charge in [0.2, 0.25) is 11.2 Å². The maximum Gasteiger partial charge on any atom is 0.232 e. The predicted molar refractivity (Wildman–Crippen MR) is 81.3 cm³/mol. The van der Waals surface area contributed by atoms with Crippen LogP contribution in [0, 0.1) is 12.7 Å². The molecular weight excluding hydrogens is 367 g/mol. The first-order chi connectivity index (χ1) is 9.52. The van der Waals surface area contributed by atoms with Crippen LogP contribution in [0.3, 0.4) is 0 Å². The molecule has 0 atom stereocenters. The van der Waals surface area contributed by atoms with Crippen molar-refractivity contribution < 1.29 is 9.13 Å². The first kappa shape index (κ1) is 13.7. The van der Waals surface area contributed by atoms with E-state index in [9.17, 15) is 4.39 Å². The van der Waals surface area contributed by atoms with Crippen molar-refractivity contribution in [2.75, 3.05) is 0 Å². The molecule has 20 heavy (non-hydrogen) atoms. The van der Waals surface area contributed by atoms with Gasteiger partial charge in [-0.25, -0.2) is 9.37 Å². The van der Waals surface area contributed by atoms with Crippen LogP contribution in [0.5, 0.6) is 11.6 Å². The van der Waals surface area contributed by atoms with Gasteiger partial charge >= 0.3 is 0 Å². The van der Waals surface area contributed by atoms with Crippen LogP contribution in [0.25, 0.3) is 10.2 Å². The summed E-state index contributed by atoms with van der Waals surface area (Å²) < 4.78 is 19.3. The Morgan fingerprint density at radius 1 is 1.30 bits per heavy atom. The molecule has 0 saturated carbocycles. The minimum absolute atomic E-state index is 0.118. The van der Waals surface area contributed by atoms with Crippen molar-refractivity contribution in [1.82, 2.24) is 9.97 Å². The van der Waals surface area contributed by atoms with Gasteiger partial charge < -0.3 is 4.74 Å². The van der Waals surface area contributed by atoms with Gasteiger partial charge in [0.15, 0.2) is 0 Å². The average molecular weight is 374 g/mol. The summed E-state index contributed by atoms with van der Waals surface area (Å²) in [6.45, 7) is 1.97. The molecule has 3 aromatic rings. The van der Waals surface area contributed by atoms with E-state index in [1.807, 2.05) is 13.0 Å². The number of hydrogen-bond donors (Lipinski definition) is 0. The first-order valence-corrected chi connectivity index (χ1v) is 7.58. The molecule has 3 rings (SSSR count). The van der Waals surface area contributed by atoms with Crippen molar-refractivity contribution in [3.05, 3.63) is 44.7 Å². The summed E-state index contributed by atoms with van der Waals surface area (Å²) in [7, 11) is 0. The van der Waals surface area contributed by atoms with Crippen LogP contribution in [0.15, 0.2) is 28.7 Å². The third-order valence-corrected chi connectivity index (χ3v) is 4.29. The van der Waals surface area contributed by atoms with E-state index in [1.165, 1.54) is 29.5 Å². The van der Waals surface area contributed by atoms with Gasteiger partial charge in [-0.3, -0.25) is 0 Å². The van der Waals surface area contributed by atoms with E-state index < -0.39 is 0 Å². The monoisotopic (exact) mass is 372 g/mol. The van der Waals surface area contributed by atoms with Gasteiger partial charge in [-0.15, -0.1) is 11.3 Å². The molecule has 2 aromatic heterocycles. The molecule has 0 radical (unpaired) electrons. The van der Waals surface area contributed by atoms with Crippen molar-refractivity contribution >= 4 is 49.1 Å². The fourth-order valence-electron chi connectivity index (χ4n) is 1.73. The number of fused-ring (bicyclic) bond motifs is 1. The van der Waals surface area contributed by atoms with E-state index in [1.54, 1.807) is 0 Å². The highest BCUT2D eigenvalue weighted by Crippen LogP contribution is 2.36. The molecule has 0 saturated heterocycles. The molecule has 2 heterocycles. The average Bonchev–Trinajstić information content (AvgIpc) is 2.73. The normalized spacial score (nSPS) is 11.0. The van der Waals surface area contributed by atoms with Gasteiger partial charge in [-0.05, 0) is 58.7 Å². The summed E-state index contributed by atoms with van der Waals surface area (Å²) >= 11 is 10.7. The Morgan fingerprint density at radius 2 is 2.10 bits per heavy atom. The standard InChI is InChI=1S/C13H7BrClFN2OS/c1-6-4-8-11(17-13(15)18-12(8)20-6)19-10-3-2-7(16)5-9(10)14/h2-5H,1H3. The van der Waals surface area contributed by atoms with Gasteiger partial charge in [-0.2, -0.15) is 4.98 Å². The number of rotatable bonds is 2. The molecule has 3 nitrogen and oxygen atoms in total. The van der Waals surface area contributed by atoms with Gasteiger partial charge in [0.1, 0.15) is 16.4 Å². The highest BCUT2D eigenvalue weighted by Gasteiger charge is 2.13. The van der Waals surface area contributed by atoms with E-state index in [4.69, 9.17) is 16.3 Å². The molecule has 1 aromatic carbocycles. The molecule has 0 amide bonds. The number of hydrogen-bond acceptors (Lipinski definition) is 4. The number of benzene rings is 1. The van der Waals surface area contributed by atoms with Crippen LogP contribution < -0.4 is 4.74 Å². The highest BCUT2D eigenvalue weighted by molar-refractivity contribution is 9.10. The lowest BCUT2D eigenvalue weighted by Gasteiger charge is -2.07. The molecule has 0 N–H and O–H groups in total. The van der Waals surface area contributed by atoms with Crippen LogP contribution in [-0.2, 0) is 0 Å². The largest absolute Gasteiger partial charge is 0.437 e. The fraction of sp³-hybridized carbons (Fsp3) is 0.0769. The van der Waals surface area contributed by atoms with Crippen LogP contribution in [0.1, 0.15) is 4.88 Å². The fourth-order valence-corrected chi connectivity index (χ4v) is 3.24. The number of thiophene rings is 1. The zero-order valence-electron chi connectivity index (χ0n) is 10.2. The Bertz CT molecular complexity index is 808. The maximum atomic E-state index is 13.1. The Labute approximate surface area is 131 Å². The van der Waals surface area contributed by atoms with E-state index >= 15 is 0 Å². The van der Waals surface area contributed by atoms with Gasteiger partial charge in [-0.1, -0.05) is 0 Å². The van der Waals surface area contributed by atoms with Crippen molar-refractivity contribution in [3.63, 3.8) is 0 Å². The number of aromatic nitrogens is 2. The van der Waals surface area contributed by atoms with E-state index in [0.717, 1.165) is 15.1 Å². The molecular formula is C13H7BrClFN2OS. The zero-order chi connectivity index (χ0) is 14.3. The summed E-state index contributed by atoms with van der Waals surface area (Å²) in [6.07, 6.45) is 0. The quantitative estimate of drug-likeness (QED) is 0.568. The lowest BCUT2D eigenvalue weighted by atomic mass is 10.3. The second-order valence-corrected chi connectivity index (χ2v) is 6.48. The van der Waals surface area contributed by atoms with Crippen molar-refractivity contribution in [3.8, 4) is 11.6 Å². The molecule has 0 aliphatic heterocycles. The lowest BCUT2D eigenvalue weighted by Crippen LogP contribution is -1.92. The van der Waals surface area contributed by atoms with Crippen LogP contribution in [0.4, 0.5) is 4.39 Å². The number of nitrogens with zero attached hydrogens (tertiary/aromatic N) is 2. The zero-order valence-corrected chi connectivity index (χ0v) is 13.3. The summed E-state index contributed by atoms with van der Waals surface area (Å²) in [5.74, 6) is 0.476. The highest BCUT2D eigenvalue weighted by atomic mass is 79.9. The molecule has 7 heteroatoms. The van der Waals surface area contributed by atoms with Gasteiger partial charge in [0.25, 0.3) is 0 Å². The summed E-state index contributed by atoms with van der Waals surface area (Å²) in [5.41, 5.74) is 0. The molecule has 0 fully saturated rings. The molecule has 102 valence electrons. The van der Waals surface area contributed by atoms with E-state index in [2.05, 4.69) is 25.9 Å². The first-order valence-electron chi connectivity index (χ1n) is 5.59. The van der Waals surface area contributed by atoms with Crippen LogP contribution in [-0.4, -0.2) is 9.97 Å². The molecule has 0 aliphatic rings. The Morgan fingerprint density at radius 3 is 2.85 bits per heavy atom. The summed E-state index contributed by atoms with van der Waals surface area (Å²) in [6, 6.07) is 6.11. The number of ether oxygens (including phenoxy) is 1. The topological polar surface area (TPSA) is 35.0 Å². The molecule has 0 aliphatic carbocycles. The third-order valence-electron chi connectivity index (χ3n) is 2.55. The smallest absolute Gasteiger partial charge is 0.232 e. The molecule has 0 spiro atoms. The minimum Gasteiger partial charge on any atom is -0.437 e.